The van der Waals surface area contributed by atoms with Gasteiger partial charge < -0.3 is 0 Å². The summed E-state index contributed by atoms with van der Waals surface area (Å²) in [6.07, 6.45) is 5.14. The quantitative estimate of drug-likeness (QED) is 0.600. The molecule has 2 atom stereocenters. The van der Waals surface area contributed by atoms with Gasteiger partial charge in [0.05, 0.1) is 0 Å². The topological polar surface area (TPSA) is 0 Å². The summed E-state index contributed by atoms with van der Waals surface area (Å²) in [5.74, 6) is 1.55. The molecule has 1 aromatic carbocycles. The van der Waals surface area contributed by atoms with Crippen molar-refractivity contribution in [1.82, 2.24) is 0 Å². The van der Waals surface area contributed by atoms with Gasteiger partial charge in [-0.15, -0.1) is 0 Å². The molecule has 0 saturated heterocycles. The van der Waals surface area contributed by atoms with E-state index in [2.05, 4.69) is 32.9 Å². The summed E-state index contributed by atoms with van der Waals surface area (Å²) in [4.78, 5) is 0. The number of hydrogen-bond donors (Lipinski definition) is 0. The number of benzene rings is 1. The van der Waals surface area contributed by atoms with Crippen molar-refractivity contribution in [1.29, 1.82) is 0 Å². The molecule has 0 heterocycles. The normalized spacial score (nSPS) is 14.8. The molecule has 0 aliphatic rings. The molecule has 0 fully saturated rings. The highest BCUT2D eigenvalue weighted by Crippen LogP contribution is 2.28. The van der Waals surface area contributed by atoms with Gasteiger partial charge in [0.1, 0.15) is 0 Å². The lowest BCUT2D eigenvalue weighted by molar-refractivity contribution is 0.454. The van der Waals surface area contributed by atoms with Crippen molar-refractivity contribution < 1.29 is 0 Å². The van der Waals surface area contributed by atoms with E-state index in [4.69, 9.17) is 11.6 Å². The van der Waals surface area contributed by atoms with Gasteiger partial charge in [-0.05, 0) is 42.4 Å². The lowest BCUT2D eigenvalue weighted by Crippen LogP contribution is -2.01. The van der Waals surface area contributed by atoms with E-state index in [1.807, 2.05) is 12.1 Å². The van der Waals surface area contributed by atoms with Crippen molar-refractivity contribution in [3.05, 3.63) is 34.9 Å². The van der Waals surface area contributed by atoms with Crippen LogP contribution in [0.1, 0.15) is 57.9 Å². The summed E-state index contributed by atoms with van der Waals surface area (Å²) >= 11 is 5.91. The highest BCUT2D eigenvalue weighted by molar-refractivity contribution is 6.30. The largest absolute Gasteiger partial charge is 0.0843 e. The zero-order chi connectivity index (χ0) is 12.0. The first kappa shape index (κ1) is 13.6. The van der Waals surface area contributed by atoms with E-state index in [-0.39, 0.29) is 0 Å². The second kappa shape index (κ2) is 6.96. The highest BCUT2D eigenvalue weighted by atomic mass is 35.5. The van der Waals surface area contributed by atoms with Gasteiger partial charge in [0.2, 0.25) is 0 Å². The molecule has 1 aromatic rings. The van der Waals surface area contributed by atoms with E-state index in [0.29, 0.717) is 5.92 Å². The Bertz CT molecular complexity index is 289. The maximum absolute atomic E-state index is 5.91. The van der Waals surface area contributed by atoms with Gasteiger partial charge >= 0.3 is 0 Å². The molecule has 0 aliphatic heterocycles. The summed E-state index contributed by atoms with van der Waals surface area (Å²) in [5.41, 5.74) is 1.44. The Morgan fingerprint density at radius 3 is 2.12 bits per heavy atom. The van der Waals surface area contributed by atoms with Gasteiger partial charge in [0.25, 0.3) is 0 Å². The van der Waals surface area contributed by atoms with Crippen molar-refractivity contribution in [3.8, 4) is 0 Å². The zero-order valence-corrected chi connectivity index (χ0v) is 11.4. The van der Waals surface area contributed by atoms with Crippen LogP contribution in [0.15, 0.2) is 24.3 Å². The Kier molecular flexibility index (Phi) is 5.90. The van der Waals surface area contributed by atoms with E-state index < -0.39 is 0 Å². The van der Waals surface area contributed by atoms with Gasteiger partial charge in [0, 0.05) is 5.02 Å². The van der Waals surface area contributed by atoms with Crippen LogP contribution in [-0.4, -0.2) is 0 Å². The minimum absolute atomic E-state index is 0.700. The summed E-state index contributed by atoms with van der Waals surface area (Å²) in [6.45, 7) is 6.89. The van der Waals surface area contributed by atoms with E-state index in [0.717, 1.165) is 10.9 Å². The summed E-state index contributed by atoms with van der Waals surface area (Å²) in [5, 5.41) is 0.834. The molecule has 16 heavy (non-hydrogen) atoms. The van der Waals surface area contributed by atoms with Crippen LogP contribution in [0.4, 0.5) is 0 Å². The average Bonchev–Trinajstić information content (AvgIpc) is 2.31. The Labute approximate surface area is 105 Å². The molecule has 90 valence electrons. The molecule has 0 amide bonds. The van der Waals surface area contributed by atoms with Crippen LogP contribution in [0.5, 0.6) is 0 Å². The van der Waals surface area contributed by atoms with Crippen molar-refractivity contribution in [2.45, 2.75) is 52.4 Å². The third kappa shape index (κ3) is 4.17. The lowest BCUT2D eigenvalue weighted by atomic mass is 9.88. The fraction of sp³-hybridized carbons (Fsp3) is 0.600. The summed E-state index contributed by atoms with van der Waals surface area (Å²) < 4.78 is 0. The fourth-order valence-electron chi connectivity index (χ4n) is 2.03. The number of hydrogen-bond acceptors (Lipinski definition) is 0. The maximum Gasteiger partial charge on any atom is 0.0406 e. The monoisotopic (exact) mass is 238 g/mol. The van der Waals surface area contributed by atoms with Crippen LogP contribution in [-0.2, 0) is 0 Å². The Morgan fingerprint density at radius 2 is 1.62 bits per heavy atom. The van der Waals surface area contributed by atoms with Crippen LogP contribution < -0.4 is 0 Å². The number of rotatable bonds is 6. The molecular formula is C15H23Cl. The van der Waals surface area contributed by atoms with Gasteiger partial charge in [-0.2, -0.15) is 0 Å². The van der Waals surface area contributed by atoms with Gasteiger partial charge in [-0.25, -0.2) is 0 Å². The van der Waals surface area contributed by atoms with Gasteiger partial charge in [-0.1, -0.05) is 57.3 Å². The molecular weight excluding hydrogens is 216 g/mol. The molecule has 0 N–H and O–H groups in total. The van der Waals surface area contributed by atoms with Crippen LogP contribution in [0.25, 0.3) is 0 Å². The molecule has 0 aromatic heterocycles. The summed E-state index contributed by atoms with van der Waals surface area (Å²) in [7, 11) is 0. The van der Waals surface area contributed by atoms with Crippen LogP contribution in [0, 0.1) is 5.92 Å². The first-order chi connectivity index (χ1) is 7.67. The maximum atomic E-state index is 5.91. The minimum Gasteiger partial charge on any atom is -0.0843 e. The van der Waals surface area contributed by atoms with Gasteiger partial charge in [0.15, 0.2) is 0 Å². The van der Waals surface area contributed by atoms with Crippen molar-refractivity contribution in [3.63, 3.8) is 0 Å². The van der Waals surface area contributed by atoms with Crippen LogP contribution in [0.2, 0.25) is 5.02 Å². The van der Waals surface area contributed by atoms with E-state index in [9.17, 15) is 0 Å². The van der Waals surface area contributed by atoms with E-state index in [1.54, 1.807) is 0 Å². The zero-order valence-electron chi connectivity index (χ0n) is 10.7. The standard InChI is InChI=1S/C15H23Cl/c1-4-12(3)6-7-13(5-2)14-8-10-15(16)11-9-14/h8-13H,4-7H2,1-3H3. The number of halogens is 1. The lowest BCUT2D eigenvalue weighted by Gasteiger charge is -2.17. The molecule has 0 radical (unpaired) electrons. The molecule has 0 bridgehead atoms. The second-order valence-electron chi connectivity index (χ2n) is 4.75. The minimum atomic E-state index is 0.700. The molecule has 0 nitrogen and oxygen atoms in total. The van der Waals surface area contributed by atoms with Crippen molar-refractivity contribution >= 4 is 11.6 Å². The van der Waals surface area contributed by atoms with E-state index in [1.165, 1.54) is 31.2 Å². The predicted octanol–water partition coefficient (Wildman–Crippen LogP) is 5.66. The molecule has 1 rings (SSSR count). The van der Waals surface area contributed by atoms with Crippen LogP contribution >= 0.6 is 11.6 Å². The predicted molar refractivity (Wildman–Crippen MR) is 73.2 cm³/mol. The molecule has 2 unspecified atom stereocenters. The van der Waals surface area contributed by atoms with Crippen molar-refractivity contribution in [2.75, 3.05) is 0 Å². The first-order valence-electron chi connectivity index (χ1n) is 6.42. The summed E-state index contributed by atoms with van der Waals surface area (Å²) in [6, 6.07) is 8.35. The first-order valence-corrected chi connectivity index (χ1v) is 6.80. The SMILES string of the molecule is CCC(C)CCC(CC)c1ccc(Cl)cc1. The Hall–Kier alpha value is -0.490. The molecule has 0 saturated carbocycles. The van der Waals surface area contributed by atoms with Crippen LogP contribution in [0.3, 0.4) is 0 Å². The average molecular weight is 239 g/mol. The second-order valence-corrected chi connectivity index (χ2v) is 5.18. The highest BCUT2D eigenvalue weighted by Gasteiger charge is 2.10. The molecule has 1 heteroatoms. The Morgan fingerprint density at radius 1 is 1.00 bits per heavy atom. The Balaban J connectivity index is 2.57. The van der Waals surface area contributed by atoms with Crippen molar-refractivity contribution in [2.24, 2.45) is 5.92 Å². The van der Waals surface area contributed by atoms with Gasteiger partial charge in [-0.3, -0.25) is 0 Å². The third-order valence-corrected chi connectivity index (χ3v) is 3.79. The smallest absolute Gasteiger partial charge is 0.0406 e. The molecule has 0 spiro atoms. The van der Waals surface area contributed by atoms with E-state index >= 15 is 0 Å². The molecule has 0 aliphatic carbocycles. The third-order valence-electron chi connectivity index (χ3n) is 3.54. The fourth-order valence-corrected chi connectivity index (χ4v) is 2.16.